The quantitative estimate of drug-likeness (QED) is 0.533. The Labute approximate surface area is 154 Å². The summed E-state index contributed by atoms with van der Waals surface area (Å²) in [4.78, 5) is 19.8. The van der Waals surface area contributed by atoms with E-state index in [4.69, 9.17) is 16.6 Å². The van der Waals surface area contributed by atoms with Crippen LogP contribution in [0.3, 0.4) is 0 Å². The van der Waals surface area contributed by atoms with E-state index in [0.717, 1.165) is 32.1 Å². The third-order valence-electron chi connectivity index (χ3n) is 4.18. The van der Waals surface area contributed by atoms with Crippen LogP contribution in [0.2, 0.25) is 5.02 Å². The van der Waals surface area contributed by atoms with E-state index in [-0.39, 0.29) is 5.91 Å². The van der Waals surface area contributed by atoms with Crippen molar-refractivity contribution in [3.8, 4) is 11.3 Å². The molecule has 0 aliphatic carbocycles. The first kappa shape index (κ1) is 16.1. The maximum atomic E-state index is 12.4. The van der Waals surface area contributed by atoms with E-state index < -0.39 is 0 Å². The number of thiazole rings is 1. The number of likely N-dealkylation sites (N-methyl/N-ethyl adjacent to an activating group) is 1. The van der Waals surface area contributed by atoms with Gasteiger partial charge in [0.15, 0.2) is 4.96 Å². The van der Waals surface area contributed by atoms with E-state index in [2.05, 4.69) is 16.5 Å². The molecule has 1 amide bonds. The fourth-order valence-corrected chi connectivity index (χ4v) is 4.05. The summed E-state index contributed by atoms with van der Waals surface area (Å²) in [7, 11) is 3.54. The Morgan fingerprint density at radius 3 is 2.60 bits per heavy atom. The molecule has 6 heteroatoms. The van der Waals surface area contributed by atoms with Gasteiger partial charge in [-0.1, -0.05) is 47.2 Å². The largest absolute Gasteiger partial charge is 0.348 e. The first-order chi connectivity index (χ1) is 12.0. The van der Waals surface area contributed by atoms with Crippen LogP contribution in [0, 0.1) is 0 Å². The number of para-hydroxylation sites is 1. The Hall–Kier alpha value is -2.37. The SMILES string of the molecule is CN(C)C(=O)Cc1c(-c2ccc(Cl)cc2)nc2sc3ccccc3n12. The number of fused-ring (bicyclic) bond motifs is 3. The van der Waals surface area contributed by atoms with E-state index >= 15 is 0 Å². The highest BCUT2D eigenvalue weighted by molar-refractivity contribution is 7.23. The molecule has 0 atom stereocenters. The van der Waals surface area contributed by atoms with Gasteiger partial charge in [0.05, 0.1) is 28.0 Å². The molecule has 0 N–H and O–H groups in total. The average molecular weight is 370 g/mol. The second kappa shape index (κ2) is 6.17. The van der Waals surface area contributed by atoms with Crippen LogP contribution in [0.1, 0.15) is 5.69 Å². The van der Waals surface area contributed by atoms with Crippen LogP contribution in [0.15, 0.2) is 48.5 Å². The molecule has 0 aliphatic rings. The van der Waals surface area contributed by atoms with Gasteiger partial charge in [0.2, 0.25) is 5.91 Å². The first-order valence-corrected chi connectivity index (χ1v) is 9.09. The number of hydrogen-bond donors (Lipinski definition) is 0. The van der Waals surface area contributed by atoms with E-state index in [0.29, 0.717) is 11.4 Å². The molecule has 0 saturated carbocycles. The Kier molecular flexibility index (Phi) is 3.98. The fraction of sp³-hybridized carbons (Fsp3) is 0.158. The molecule has 0 radical (unpaired) electrons. The standard InChI is InChI=1S/C19H16ClN3OS/c1-22(2)17(24)11-15-18(12-7-9-13(20)10-8-12)21-19-23(15)14-5-3-4-6-16(14)25-19/h3-10H,11H2,1-2H3. The molecule has 0 saturated heterocycles. The smallest absolute Gasteiger partial charge is 0.228 e. The summed E-state index contributed by atoms with van der Waals surface area (Å²) >= 11 is 7.65. The summed E-state index contributed by atoms with van der Waals surface area (Å²) < 4.78 is 3.26. The molecule has 4 nitrogen and oxygen atoms in total. The average Bonchev–Trinajstić information content (AvgIpc) is 3.12. The Morgan fingerprint density at radius 1 is 1.16 bits per heavy atom. The molecular formula is C19H16ClN3OS. The molecule has 0 aliphatic heterocycles. The molecule has 2 heterocycles. The normalized spacial score (nSPS) is 11.3. The van der Waals surface area contributed by atoms with Crippen LogP contribution in [-0.4, -0.2) is 34.3 Å². The van der Waals surface area contributed by atoms with E-state index in [1.165, 1.54) is 0 Å². The van der Waals surface area contributed by atoms with Crippen molar-refractivity contribution in [1.82, 2.24) is 14.3 Å². The Balaban J connectivity index is 1.98. The first-order valence-electron chi connectivity index (χ1n) is 7.89. The van der Waals surface area contributed by atoms with Gasteiger partial charge < -0.3 is 4.90 Å². The van der Waals surface area contributed by atoms with E-state index in [9.17, 15) is 4.79 Å². The van der Waals surface area contributed by atoms with Crippen LogP contribution in [0.5, 0.6) is 0 Å². The predicted molar refractivity (Wildman–Crippen MR) is 103 cm³/mol. The lowest BCUT2D eigenvalue weighted by Gasteiger charge is -2.11. The highest BCUT2D eigenvalue weighted by atomic mass is 35.5. The van der Waals surface area contributed by atoms with Gasteiger partial charge in [-0.3, -0.25) is 9.20 Å². The molecule has 25 heavy (non-hydrogen) atoms. The summed E-state index contributed by atoms with van der Waals surface area (Å²) in [6.07, 6.45) is 0.298. The van der Waals surface area contributed by atoms with Crippen LogP contribution in [0.25, 0.3) is 26.4 Å². The molecule has 2 aromatic carbocycles. The summed E-state index contributed by atoms with van der Waals surface area (Å²) in [5.41, 5.74) is 3.79. The van der Waals surface area contributed by atoms with Gasteiger partial charge in [0, 0.05) is 24.7 Å². The van der Waals surface area contributed by atoms with Crippen molar-refractivity contribution in [2.45, 2.75) is 6.42 Å². The highest BCUT2D eigenvalue weighted by Gasteiger charge is 2.21. The second-order valence-corrected chi connectivity index (χ2v) is 7.51. The van der Waals surface area contributed by atoms with E-state index in [1.54, 1.807) is 30.3 Å². The lowest BCUT2D eigenvalue weighted by molar-refractivity contribution is -0.128. The lowest BCUT2D eigenvalue weighted by atomic mass is 10.1. The van der Waals surface area contributed by atoms with Crippen LogP contribution < -0.4 is 0 Å². The zero-order chi connectivity index (χ0) is 17.6. The summed E-state index contributed by atoms with van der Waals surface area (Å²) in [6, 6.07) is 15.8. The number of imidazole rings is 1. The van der Waals surface area contributed by atoms with Crippen molar-refractivity contribution in [1.29, 1.82) is 0 Å². The van der Waals surface area contributed by atoms with Gasteiger partial charge in [-0.05, 0) is 24.3 Å². The molecule has 2 aromatic heterocycles. The zero-order valence-electron chi connectivity index (χ0n) is 13.9. The Morgan fingerprint density at radius 2 is 1.88 bits per heavy atom. The van der Waals surface area contributed by atoms with Crippen molar-refractivity contribution >= 4 is 44.0 Å². The number of benzene rings is 2. The van der Waals surface area contributed by atoms with Crippen LogP contribution in [0.4, 0.5) is 0 Å². The third kappa shape index (κ3) is 2.79. The number of aromatic nitrogens is 2. The second-order valence-electron chi connectivity index (χ2n) is 6.07. The molecule has 0 fully saturated rings. The van der Waals surface area contributed by atoms with E-state index in [1.807, 2.05) is 36.4 Å². The number of amides is 1. The van der Waals surface area contributed by atoms with Gasteiger partial charge in [-0.15, -0.1) is 0 Å². The maximum absolute atomic E-state index is 12.4. The summed E-state index contributed by atoms with van der Waals surface area (Å²) in [6.45, 7) is 0. The monoisotopic (exact) mass is 369 g/mol. The molecule has 0 unspecified atom stereocenters. The lowest BCUT2D eigenvalue weighted by Crippen LogP contribution is -2.24. The molecular weight excluding hydrogens is 354 g/mol. The van der Waals surface area contributed by atoms with Gasteiger partial charge in [0.25, 0.3) is 0 Å². The Bertz CT molecular complexity index is 1080. The molecule has 126 valence electrons. The minimum atomic E-state index is 0.0484. The summed E-state index contributed by atoms with van der Waals surface area (Å²) in [5.74, 6) is 0.0484. The van der Waals surface area contributed by atoms with Gasteiger partial charge in [0.1, 0.15) is 0 Å². The van der Waals surface area contributed by atoms with Crippen LogP contribution >= 0.6 is 22.9 Å². The van der Waals surface area contributed by atoms with Crippen molar-refractivity contribution in [2.24, 2.45) is 0 Å². The van der Waals surface area contributed by atoms with Crippen molar-refractivity contribution in [2.75, 3.05) is 14.1 Å². The zero-order valence-corrected chi connectivity index (χ0v) is 15.4. The molecule has 4 rings (SSSR count). The number of rotatable bonds is 3. The minimum Gasteiger partial charge on any atom is -0.348 e. The van der Waals surface area contributed by atoms with Crippen LogP contribution in [-0.2, 0) is 11.2 Å². The number of carbonyl (C=O) groups is 1. The minimum absolute atomic E-state index is 0.0484. The van der Waals surface area contributed by atoms with Gasteiger partial charge in [-0.2, -0.15) is 0 Å². The van der Waals surface area contributed by atoms with Gasteiger partial charge in [-0.25, -0.2) is 4.98 Å². The van der Waals surface area contributed by atoms with Crippen molar-refractivity contribution in [3.63, 3.8) is 0 Å². The molecule has 0 bridgehead atoms. The third-order valence-corrected chi connectivity index (χ3v) is 5.46. The number of nitrogens with zero attached hydrogens (tertiary/aromatic N) is 3. The number of hydrogen-bond acceptors (Lipinski definition) is 3. The fourth-order valence-electron chi connectivity index (χ4n) is 2.88. The van der Waals surface area contributed by atoms with Crippen molar-refractivity contribution in [3.05, 3.63) is 59.2 Å². The van der Waals surface area contributed by atoms with Crippen molar-refractivity contribution < 1.29 is 4.79 Å². The van der Waals surface area contributed by atoms with Gasteiger partial charge >= 0.3 is 0 Å². The highest BCUT2D eigenvalue weighted by Crippen LogP contribution is 2.33. The molecule has 0 spiro atoms. The predicted octanol–water partition coefficient (Wildman–Crippen LogP) is 4.50. The number of carbonyl (C=O) groups excluding carboxylic acids is 1. The maximum Gasteiger partial charge on any atom is 0.228 e. The topological polar surface area (TPSA) is 37.6 Å². The number of halogens is 1. The summed E-state index contributed by atoms with van der Waals surface area (Å²) in [5, 5.41) is 0.682. The molecule has 4 aromatic rings.